The first-order chi connectivity index (χ1) is 15.7. The van der Waals surface area contributed by atoms with Crippen molar-refractivity contribution in [3.63, 3.8) is 0 Å². The van der Waals surface area contributed by atoms with E-state index < -0.39 is 12.3 Å². The quantitative estimate of drug-likeness (QED) is 0.543. The highest BCUT2D eigenvalue weighted by Crippen LogP contribution is 2.35. The third kappa shape index (κ3) is 5.25. The van der Waals surface area contributed by atoms with Gasteiger partial charge in [-0.3, -0.25) is 9.59 Å². The molecule has 170 valence electrons. The van der Waals surface area contributed by atoms with Crippen molar-refractivity contribution in [1.82, 2.24) is 0 Å². The molecule has 1 aliphatic rings. The lowest BCUT2D eigenvalue weighted by atomic mass is 10.1. The molecule has 0 spiro atoms. The maximum absolute atomic E-state index is 12.9. The number of benzene rings is 3. The lowest BCUT2D eigenvalue weighted by molar-refractivity contribution is -0.274. The molecular formula is C24H18F3NO5. The number of nitrogens with zero attached hydrogens (tertiary/aromatic N) is 1. The van der Waals surface area contributed by atoms with Crippen LogP contribution in [0.2, 0.25) is 0 Å². The smallest absolute Gasteiger partial charge is 0.489 e. The van der Waals surface area contributed by atoms with E-state index in [4.69, 9.17) is 9.84 Å². The highest BCUT2D eigenvalue weighted by Gasteiger charge is 2.33. The number of fused-ring (bicyclic) bond motifs is 1. The van der Waals surface area contributed by atoms with Gasteiger partial charge in [-0.25, -0.2) is 0 Å². The van der Waals surface area contributed by atoms with Gasteiger partial charge in [0.15, 0.2) is 0 Å². The van der Waals surface area contributed by atoms with Crippen molar-refractivity contribution < 1.29 is 37.3 Å². The highest BCUT2D eigenvalue weighted by molar-refractivity contribution is 6.10. The number of carbonyl (C=O) groups is 2. The van der Waals surface area contributed by atoms with Crippen LogP contribution in [-0.2, 0) is 24.4 Å². The number of carbonyl (C=O) groups excluding carboxylic acids is 1. The summed E-state index contributed by atoms with van der Waals surface area (Å²) in [6, 6.07) is 17.2. The number of carboxylic acid groups (broad SMARTS) is 1. The maximum atomic E-state index is 12.9. The van der Waals surface area contributed by atoms with Crippen LogP contribution in [0.25, 0.3) is 0 Å². The predicted molar refractivity (Wildman–Crippen MR) is 112 cm³/mol. The molecule has 0 bridgehead atoms. The van der Waals surface area contributed by atoms with E-state index in [1.54, 1.807) is 36.4 Å². The van der Waals surface area contributed by atoms with Crippen LogP contribution in [0.4, 0.5) is 18.9 Å². The van der Waals surface area contributed by atoms with Crippen LogP contribution >= 0.6 is 0 Å². The summed E-state index contributed by atoms with van der Waals surface area (Å²) in [5.41, 5.74) is 2.98. The predicted octanol–water partition coefficient (Wildman–Crippen LogP) is 4.95. The zero-order chi connectivity index (χ0) is 23.6. The number of rotatable bonds is 7. The number of anilines is 1. The van der Waals surface area contributed by atoms with Crippen molar-refractivity contribution in [2.24, 2.45) is 0 Å². The van der Waals surface area contributed by atoms with E-state index in [0.717, 1.165) is 17.7 Å². The van der Waals surface area contributed by atoms with Crippen molar-refractivity contribution in [1.29, 1.82) is 0 Å². The van der Waals surface area contributed by atoms with E-state index in [2.05, 4.69) is 4.74 Å². The van der Waals surface area contributed by atoms with Crippen molar-refractivity contribution in [3.8, 4) is 11.5 Å². The zero-order valence-corrected chi connectivity index (χ0v) is 17.1. The van der Waals surface area contributed by atoms with Gasteiger partial charge < -0.3 is 19.5 Å². The SMILES string of the molecule is O=C(O)Cc1cccc(COc2cccc3c2CN(c2ccc(OC(F)(F)F)cc2)C3=O)c1. The fourth-order valence-corrected chi connectivity index (χ4v) is 3.64. The number of ether oxygens (including phenoxy) is 2. The summed E-state index contributed by atoms with van der Waals surface area (Å²) in [6.07, 6.45) is -4.88. The zero-order valence-electron chi connectivity index (χ0n) is 17.1. The minimum Gasteiger partial charge on any atom is -0.489 e. The number of carboxylic acids is 1. The number of alkyl halides is 3. The Balaban J connectivity index is 1.49. The minimum absolute atomic E-state index is 0.0924. The van der Waals surface area contributed by atoms with Crippen molar-refractivity contribution >= 4 is 17.6 Å². The van der Waals surface area contributed by atoms with Gasteiger partial charge in [0.05, 0.1) is 13.0 Å². The summed E-state index contributed by atoms with van der Waals surface area (Å²) in [5, 5.41) is 8.96. The lowest BCUT2D eigenvalue weighted by Gasteiger charge is -2.17. The van der Waals surface area contributed by atoms with Crippen LogP contribution in [0, 0.1) is 0 Å². The van der Waals surface area contributed by atoms with Crippen molar-refractivity contribution in [2.45, 2.75) is 25.9 Å². The molecule has 0 saturated carbocycles. The molecule has 3 aromatic carbocycles. The van der Waals surface area contributed by atoms with E-state index in [-0.39, 0.29) is 31.2 Å². The topological polar surface area (TPSA) is 76.1 Å². The van der Waals surface area contributed by atoms with E-state index >= 15 is 0 Å². The van der Waals surface area contributed by atoms with Gasteiger partial charge >= 0.3 is 12.3 Å². The van der Waals surface area contributed by atoms with E-state index in [1.807, 2.05) is 6.07 Å². The van der Waals surface area contributed by atoms with Crippen LogP contribution in [0.5, 0.6) is 11.5 Å². The van der Waals surface area contributed by atoms with Gasteiger partial charge in [-0.05, 0) is 47.5 Å². The Morgan fingerprint density at radius 1 is 1.00 bits per heavy atom. The Hall–Kier alpha value is -4.01. The first kappa shape index (κ1) is 22.2. The second-order valence-electron chi connectivity index (χ2n) is 7.39. The second kappa shape index (κ2) is 8.85. The molecule has 0 radical (unpaired) electrons. The van der Waals surface area contributed by atoms with Gasteiger partial charge in [-0.15, -0.1) is 13.2 Å². The molecular weight excluding hydrogens is 439 g/mol. The van der Waals surface area contributed by atoms with Crippen molar-refractivity contribution in [2.75, 3.05) is 4.90 Å². The fourth-order valence-electron chi connectivity index (χ4n) is 3.64. The summed E-state index contributed by atoms with van der Waals surface area (Å²) in [7, 11) is 0. The molecule has 6 nitrogen and oxygen atoms in total. The Bertz CT molecular complexity index is 1190. The third-order valence-corrected chi connectivity index (χ3v) is 5.05. The number of amides is 1. The Labute approximate surface area is 186 Å². The molecule has 1 amide bonds. The monoisotopic (exact) mass is 457 g/mol. The maximum Gasteiger partial charge on any atom is 0.573 e. The van der Waals surface area contributed by atoms with E-state index in [1.165, 1.54) is 17.0 Å². The standard InChI is InChI=1S/C24H18F3NO5/c25-24(26,27)33-18-9-7-17(8-10-18)28-13-20-19(23(28)31)5-2-6-21(20)32-14-16-4-1-3-15(11-16)12-22(29)30/h1-11H,12-14H2,(H,29,30). The fraction of sp³-hybridized carbons (Fsp3) is 0.167. The van der Waals surface area contributed by atoms with Crippen LogP contribution in [0.15, 0.2) is 66.7 Å². The summed E-state index contributed by atoms with van der Waals surface area (Å²) < 4.78 is 46.9. The number of hydrogen-bond donors (Lipinski definition) is 1. The second-order valence-corrected chi connectivity index (χ2v) is 7.39. The van der Waals surface area contributed by atoms with Gasteiger partial charge in [0, 0.05) is 16.8 Å². The van der Waals surface area contributed by atoms with Crippen molar-refractivity contribution in [3.05, 3.63) is 89.0 Å². The van der Waals surface area contributed by atoms with Gasteiger partial charge in [0.25, 0.3) is 5.91 Å². The summed E-state index contributed by atoms with van der Waals surface area (Å²) >= 11 is 0. The normalized spacial score (nSPS) is 13.1. The highest BCUT2D eigenvalue weighted by atomic mass is 19.4. The van der Waals surface area contributed by atoms with Crippen LogP contribution in [-0.4, -0.2) is 23.3 Å². The molecule has 1 N–H and O–H groups in total. The average Bonchev–Trinajstić information content (AvgIpc) is 3.09. The van der Waals surface area contributed by atoms with Crippen LogP contribution < -0.4 is 14.4 Å². The molecule has 4 rings (SSSR count). The first-order valence-corrected chi connectivity index (χ1v) is 9.91. The molecule has 0 aromatic heterocycles. The van der Waals surface area contributed by atoms with Gasteiger partial charge in [-0.2, -0.15) is 0 Å². The van der Waals surface area contributed by atoms with E-state index in [9.17, 15) is 22.8 Å². The van der Waals surface area contributed by atoms with Crippen LogP contribution in [0.3, 0.4) is 0 Å². The van der Waals surface area contributed by atoms with Gasteiger partial charge in [0.2, 0.25) is 0 Å². The molecule has 9 heteroatoms. The first-order valence-electron chi connectivity index (χ1n) is 9.91. The molecule has 33 heavy (non-hydrogen) atoms. The van der Waals surface area contributed by atoms with Gasteiger partial charge in [-0.1, -0.05) is 30.3 Å². The molecule has 0 saturated heterocycles. The summed E-state index contributed by atoms with van der Waals surface area (Å²) in [4.78, 5) is 25.3. The van der Waals surface area contributed by atoms with Crippen LogP contribution in [0.1, 0.15) is 27.0 Å². The van der Waals surface area contributed by atoms with E-state index in [0.29, 0.717) is 28.1 Å². The molecule has 0 unspecified atom stereocenters. The molecule has 0 atom stereocenters. The molecule has 0 fully saturated rings. The largest absolute Gasteiger partial charge is 0.573 e. The summed E-state index contributed by atoms with van der Waals surface area (Å²) in [6.45, 7) is 0.379. The Morgan fingerprint density at radius 2 is 1.70 bits per heavy atom. The number of halogens is 3. The molecule has 1 aliphatic heterocycles. The molecule has 1 heterocycles. The van der Waals surface area contributed by atoms with Gasteiger partial charge in [0.1, 0.15) is 18.1 Å². The third-order valence-electron chi connectivity index (χ3n) is 5.05. The minimum atomic E-state index is -4.79. The number of aliphatic carboxylic acids is 1. The molecule has 3 aromatic rings. The lowest BCUT2D eigenvalue weighted by Crippen LogP contribution is -2.23. The Morgan fingerprint density at radius 3 is 2.39 bits per heavy atom. The Kier molecular flexibility index (Phi) is 5.95. The number of hydrogen-bond acceptors (Lipinski definition) is 4. The summed E-state index contributed by atoms with van der Waals surface area (Å²) in [5.74, 6) is -1.08. The molecule has 0 aliphatic carbocycles. The average molecular weight is 457 g/mol.